The highest BCUT2D eigenvalue weighted by Gasteiger charge is 2.42. The van der Waals surface area contributed by atoms with E-state index in [0.717, 1.165) is 25.6 Å². The molecule has 1 saturated heterocycles. The van der Waals surface area contributed by atoms with Crippen molar-refractivity contribution in [3.63, 3.8) is 0 Å². The Kier molecular flexibility index (Phi) is 7.02. The van der Waals surface area contributed by atoms with Crippen LogP contribution in [0.4, 0.5) is 0 Å². The van der Waals surface area contributed by atoms with Gasteiger partial charge in [0.05, 0.1) is 12.7 Å². The summed E-state index contributed by atoms with van der Waals surface area (Å²) in [4.78, 5) is 2.14. The van der Waals surface area contributed by atoms with Crippen LogP contribution in [0.15, 0.2) is 12.8 Å². The highest BCUT2D eigenvalue weighted by atomic mass is 28.4. The van der Waals surface area contributed by atoms with Crippen molar-refractivity contribution in [2.75, 3.05) is 34.0 Å². The smallest absolute Gasteiger partial charge is 0.379 e. The van der Waals surface area contributed by atoms with E-state index in [0.29, 0.717) is 12.6 Å². The van der Waals surface area contributed by atoms with E-state index in [2.05, 4.69) is 25.3 Å². The average Bonchev–Trinajstić information content (AvgIpc) is 2.38. The number of ether oxygens (including phenoxy) is 1. The van der Waals surface area contributed by atoms with Crippen LogP contribution < -0.4 is 0 Å². The molecule has 1 rings (SSSR count). The Morgan fingerprint density at radius 2 is 2.11 bits per heavy atom. The highest BCUT2D eigenvalue weighted by Crippen LogP contribution is 2.21. The SMILES string of the molecule is C=CN(CC1COCCC[Si](OC)(OC)O1)C(C)C. The molecule has 0 aromatic rings. The molecule has 19 heavy (non-hydrogen) atoms. The van der Waals surface area contributed by atoms with Crippen LogP contribution >= 0.6 is 0 Å². The van der Waals surface area contributed by atoms with E-state index in [9.17, 15) is 0 Å². The molecule has 0 aromatic carbocycles. The Bertz CT molecular complexity index is 271. The van der Waals surface area contributed by atoms with E-state index in [1.54, 1.807) is 14.2 Å². The first-order chi connectivity index (χ1) is 9.06. The van der Waals surface area contributed by atoms with Crippen LogP contribution in [0.25, 0.3) is 0 Å². The second kappa shape index (κ2) is 8.01. The third kappa shape index (κ3) is 4.89. The first-order valence-corrected chi connectivity index (χ1v) is 8.74. The number of hydrogen-bond donors (Lipinski definition) is 0. The number of rotatable bonds is 6. The number of nitrogens with zero attached hydrogens (tertiary/aromatic N) is 1. The molecule has 6 heteroatoms. The van der Waals surface area contributed by atoms with Gasteiger partial charge in [0.25, 0.3) is 0 Å². The molecule has 0 amide bonds. The molecule has 1 fully saturated rings. The maximum Gasteiger partial charge on any atom is 0.500 e. The van der Waals surface area contributed by atoms with Gasteiger partial charge in [-0.3, -0.25) is 0 Å². The predicted octanol–water partition coefficient (Wildman–Crippen LogP) is 1.88. The summed E-state index contributed by atoms with van der Waals surface area (Å²) in [6.45, 7) is 10.1. The fraction of sp³-hybridized carbons (Fsp3) is 0.846. The third-order valence-corrected chi connectivity index (χ3v) is 6.26. The summed E-state index contributed by atoms with van der Waals surface area (Å²) >= 11 is 0. The summed E-state index contributed by atoms with van der Waals surface area (Å²) in [6, 6.07) is 1.18. The molecular weight excluding hydrogens is 262 g/mol. The summed E-state index contributed by atoms with van der Waals surface area (Å²) in [7, 11) is 0.808. The minimum atomic E-state index is -2.53. The minimum Gasteiger partial charge on any atom is -0.379 e. The van der Waals surface area contributed by atoms with Gasteiger partial charge in [0.2, 0.25) is 0 Å². The van der Waals surface area contributed by atoms with Crippen molar-refractivity contribution in [3.8, 4) is 0 Å². The first kappa shape index (κ1) is 16.7. The van der Waals surface area contributed by atoms with Gasteiger partial charge in [-0.25, -0.2) is 0 Å². The van der Waals surface area contributed by atoms with Crippen molar-refractivity contribution in [2.24, 2.45) is 0 Å². The Labute approximate surface area is 117 Å². The van der Waals surface area contributed by atoms with Gasteiger partial charge in [-0.1, -0.05) is 6.58 Å². The topological polar surface area (TPSA) is 40.2 Å². The molecule has 112 valence electrons. The van der Waals surface area contributed by atoms with E-state index < -0.39 is 8.80 Å². The number of hydrogen-bond acceptors (Lipinski definition) is 5. The zero-order chi connectivity index (χ0) is 14.3. The Morgan fingerprint density at radius 3 is 2.63 bits per heavy atom. The van der Waals surface area contributed by atoms with E-state index in [-0.39, 0.29) is 6.10 Å². The van der Waals surface area contributed by atoms with Crippen LogP contribution in [0.3, 0.4) is 0 Å². The minimum absolute atomic E-state index is 0.0488. The van der Waals surface area contributed by atoms with Gasteiger partial charge < -0.3 is 22.9 Å². The normalized spacial score (nSPS) is 23.7. The lowest BCUT2D eigenvalue weighted by Gasteiger charge is -2.36. The fourth-order valence-electron chi connectivity index (χ4n) is 2.16. The fourth-order valence-corrected chi connectivity index (χ4v) is 4.27. The van der Waals surface area contributed by atoms with Gasteiger partial charge in [-0.05, 0) is 26.5 Å². The molecule has 1 atom stereocenters. The second-order valence-electron chi connectivity index (χ2n) is 4.98. The summed E-state index contributed by atoms with van der Waals surface area (Å²) in [6.07, 6.45) is 2.71. The van der Waals surface area contributed by atoms with Crippen molar-refractivity contribution < 1.29 is 18.0 Å². The molecule has 0 aliphatic carbocycles. The van der Waals surface area contributed by atoms with Crippen LogP contribution in [0.1, 0.15) is 20.3 Å². The van der Waals surface area contributed by atoms with Gasteiger partial charge in [0.15, 0.2) is 0 Å². The van der Waals surface area contributed by atoms with E-state index in [1.165, 1.54) is 0 Å². The monoisotopic (exact) mass is 289 g/mol. The lowest BCUT2D eigenvalue weighted by atomic mass is 10.3. The molecule has 1 aliphatic rings. The molecule has 0 N–H and O–H groups in total. The van der Waals surface area contributed by atoms with Crippen LogP contribution in [0.2, 0.25) is 6.04 Å². The van der Waals surface area contributed by atoms with Crippen LogP contribution in [0.5, 0.6) is 0 Å². The molecule has 1 aliphatic heterocycles. The van der Waals surface area contributed by atoms with Crippen molar-refractivity contribution in [1.29, 1.82) is 0 Å². The lowest BCUT2D eigenvalue weighted by molar-refractivity contribution is -0.0252. The first-order valence-electron chi connectivity index (χ1n) is 6.81. The molecule has 1 unspecified atom stereocenters. The molecular formula is C13H27NO4Si. The molecule has 0 radical (unpaired) electrons. The molecule has 0 spiro atoms. The lowest BCUT2D eigenvalue weighted by Crippen LogP contribution is -2.51. The van der Waals surface area contributed by atoms with Crippen molar-refractivity contribution in [2.45, 2.75) is 38.5 Å². The van der Waals surface area contributed by atoms with Gasteiger partial charge in [0, 0.05) is 39.5 Å². The molecule has 1 heterocycles. The summed E-state index contributed by atoms with van der Waals surface area (Å²) in [5.74, 6) is 0. The molecule has 0 aromatic heterocycles. The molecule has 0 bridgehead atoms. The summed E-state index contributed by atoms with van der Waals surface area (Å²) in [5.41, 5.74) is 0. The van der Waals surface area contributed by atoms with Crippen LogP contribution in [-0.2, 0) is 18.0 Å². The predicted molar refractivity (Wildman–Crippen MR) is 76.9 cm³/mol. The Balaban J connectivity index is 2.70. The van der Waals surface area contributed by atoms with Crippen molar-refractivity contribution in [3.05, 3.63) is 12.8 Å². The van der Waals surface area contributed by atoms with Crippen molar-refractivity contribution in [1.82, 2.24) is 4.90 Å². The van der Waals surface area contributed by atoms with Gasteiger partial charge in [-0.2, -0.15) is 0 Å². The quantitative estimate of drug-likeness (QED) is 0.698. The van der Waals surface area contributed by atoms with Gasteiger partial charge in [-0.15, -0.1) is 0 Å². The maximum absolute atomic E-state index is 6.14. The van der Waals surface area contributed by atoms with Crippen LogP contribution in [0, 0.1) is 0 Å². The largest absolute Gasteiger partial charge is 0.500 e. The Hall–Kier alpha value is -0.403. The van der Waals surface area contributed by atoms with E-state index in [4.69, 9.17) is 18.0 Å². The van der Waals surface area contributed by atoms with E-state index in [1.807, 2.05) is 6.20 Å². The molecule has 0 saturated carbocycles. The molecule has 5 nitrogen and oxygen atoms in total. The van der Waals surface area contributed by atoms with Crippen LogP contribution in [-0.4, -0.2) is 59.8 Å². The maximum atomic E-state index is 6.14. The highest BCUT2D eigenvalue weighted by molar-refractivity contribution is 6.60. The summed E-state index contributed by atoms with van der Waals surface area (Å²) in [5, 5.41) is 0. The van der Waals surface area contributed by atoms with E-state index >= 15 is 0 Å². The third-order valence-electron chi connectivity index (χ3n) is 3.36. The summed E-state index contributed by atoms with van der Waals surface area (Å²) < 4.78 is 22.9. The Morgan fingerprint density at radius 1 is 1.42 bits per heavy atom. The zero-order valence-electron chi connectivity index (χ0n) is 12.6. The van der Waals surface area contributed by atoms with Gasteiger partial charge >= 0.3 is 8.80 Å². The van der Waals surface area contributed by atoms with Crippen molar-refractivity contribution >= 4 is 8.80 Å². The standard InChI is InChI=1S/C13H27NO4Si/c1-6-14(12(2)3)10-13-11-17-8-7-9-19(15-4,16-5)18-13/h6,12-13H,1,7-11H2,2-5H3. The zero-order valence-corrected chi connectivity index (χ0v) is 13.6. The average molecular weight is 289 g/mol. The van der Waals surface area contributed by atoms with Gasteiger partial charge in [0.1, 0.15) is 0 Å². The second-order valence-corrected chi connectivity index (χ2v) is 7.90.